The van der Waals surface area contributed by atoms with Crippen molar-refractivity contribution in [1.29, 1.82) is 0 Å². The van der Waals surface area contributed by atoms with Gasteiger partial charge in [0.15, 0.2) is 11.6 Å². The SMILES string of the molecule is OCC#Cc1ccc(COc2ccc(F)cc2F)cc1. The Kier molecular flexibility index (Phi) is 4.70. The molecule has 2 aromatic rings. The van der Waals surface area contributed by atoms with E-state index in [-0.39, 0.29) is 19.0 Å². The Morgan fingerprint density at radius 3 is 2.45 bits per heavy atom. The minimum absolute atomic E-state index is 0.00977. The van der Waals surface area contributed by atoms with E-state index in [9.17, 15) is 8.78 Å². The molecule has 0 aromatic heterocycles. The first-order valence-corrected chi connectivity index (χ1v) is 5.95. The van der Waals surface area contributed by atoms with Gasteiger partial charge in [-0.25, -0.2) is 8.78 Å². The molecule has 0 heterocycles. The second kappa shape index (κ2) is 6.69. The molecule has 0 saturated carbocycles. The first-order valence-electron chi connectivity index (χ1n) is 5.95. The van der Waals surface area contributed by atoms with Crippen molar-refractivity contribution in [2.45, 2.75) is 6.61 Å². The van der Waals surface area contributed by atoms with Crippen LogP contribution in [0, 0.1) is 23.5 Å². The highest BCUT2D eigenvalue weighted by atomic mass is 19.1. The van der Waals surface area contributed by atoms with Crippen molar-refractivity contribution in [2.24, 2.45) is 0 Å². The number of halogens is 2. The highest BCUT2D eigenvalue weighted by Crippen LogP contribution is 2.19. The summed E-state index contributed by atoms with van der Waals surface area (Å²) in [7, 11) is 0. The number of aliphatic hydroxyl groups excluding tert-OH is 1. The van der Waals surface area contributed by atoms with Gasteiger partial charge in [0.25, 0.3) is 0 Å². The molecule has 0 aliphatic carbocycles. The van der Waals surface area contributed by atoms with E-state index in [2.05, 4.69) is 11.8 Å². The summed E-state index contributed by atoms with van der Waals surface area (Å²) >= 11 is 0. The van der Waals surface area contributed by atoms with Gasteiger partial charge < -0.3 is 9.84 Å². The molecule has 4 heteroatoms. The zero-order chi connectivity index (χ0) is 14.4. The predicted molar refractivity (Wildman–Crippen MR) is 71.1 cm³/mol. The molecule has 2 aromatic carbocycles. The summed E-state index contributed by atoms with van der Waals surface area (Å²) in [5, 5.41) is 8.58. The number of benzene rings is 2. The van der Waals surface area contributed by atoms with Crippen LogP contribution in [0.2, 0.25) is 0 Å². The van der Waals surface area contributed by atoms with Crippen molar-refractivity contribution in [3.8, 4) is 17.6 Å². The normalized spacial score (nSPS) is 9.75. The van der Waals surface area contributed by atoms with Gasteiger partial charge in [-0.3, -0.25) is 0 Å². The topological polar surface area (TPSA) is 29.5 Å². The second-order valence-electron chi connectivity index (χ2n) is 4.02. The smallest absolute Gasteiger partial charge is 0.167 e. The fourth-order valence-electron chi connectivity index (χ4n) is 1.58. The molecule has 0 saturated heterocycles. The van der Waals surface area contributed by atoms with Crippen LogP contribution in [0.15, 0.2) is 42.5 Å². The minimum atomic E-state index is -0.726. The summed E-state index contributed by atoms with van der Waals surface area (Å²) in [6.45, 7) is -0.00896. The highest BCUT2D eigenvalue weighted by Gasteiger charge is 2.04. The van der Waals surface area contributed by atoms with Crippen LogP contribution in [-0.4, -0.2) is 11.7 Å². The molecule has 0 aliphatic heterocycles. The monoisotopic (exact) mass is 274 g/mol. The first kappa shape index (κ1) is 14.0. The fraction of sp³-hybridized carbons (Fsp3) is 0.125. The van der Waals surface area contributed by atoms with E-state index in [1.165, 1.54) is 6.07 Å². The molecule has 20 heavy (non-hydrogen) atoms. The van der Waals surface area contributed by atoms with Gasteiger partial charge in [-0.05, 0) is 29.8 Å². The lowest BCUT2D eigenvalue weighted by Gasteiger charge is -2.07. The molecule has 0 aliphatic rings. The third kappa shape index (κ3) is 3.81. The van der Waals surface area contributed by atoms with Crippen LogP contribution < -0.4 is 4.74 Å². The number of hydrogen-bond acceptors (Lipinski definition) is 2. The van der Waals surface area contributed by atoms with Gasteiger partial charge >= 0.3 is 0 Å². The standard InChI is InChI=1S/C16H12F2O2/c17-14-7-8-16(15(18)10-14)20-11-13-5-3-12(4-6-13)2-1-9-19/h3-8,10,19H,9,11H2. The third-order valence-corrected chi connectivity index (χ3v) is 2.55. The quantitative estimate of drug-likeness (QED) is 0.872. The van der Waals surface area contributed by atoms with Crippen LogP contribution in [0.3, 0.4) is 0 Å². The molecule has 102 valence electrons. The number of ether oxygens (including phenoxy) is 1. The van der Waals surface area contributed by atoms with Gasteiger partial charge in [0.05, 0.1) is 0 Å². The highest BCUT2D eigenvalue weighted by molar-refractivity contribution is 5.36. The van der Waals surface area contributed by atoms with Crippen LogP contribution >= 0.6 is 0 Å². The number of rotatable bonds is 3. The minimum Gasteiger partial charge on any atom is -0.486 e. The van der Waals surface area contributed by atoms with Crippen molar-refractivity contribution < 1.29 is 18.6 Å². The summed E-state index contributed by atoms with van der Waals surface area (Å²) in [5.41, 5.74) is 1.61. The summed E-state index contributed by atoms with van der Waals surface area (Å²) in [5.74, 6) is 3.96. The maximum Gasteiger partial charge on any atom is 0.167 e. The Morgan fingerprint density at radius 1 is 1.05 bits per heavy atom. The van der Waals surface area contributed by atoms with Crippen molar-refractivity contribution in [2.75, 3.05) is 6.61 Å². The van der Waals surface area contributed by atoms with Crippen molar-refractivity contribution in [3.05, 3.63) is 65.2 Å². The van der Waals surface area contributed by atoms with Crippen LogP contribution in [0.5, 0.6) is 5.75 Å². The van der Waals surface area contributed by atoms with Gasteiger partial charge in [-0.1, -0.05) is 24.0 Å². The fourth-order valence-corrected chi connectivity index (χ4v) is 1.58. The molecule has 1 N–H and O–H groups in total. The van der Waals surface area contributed by atoms with Crippen molar-refractivity contribution in [3.63, 3.8) is 0 Å². The summed E-state index contributed by atoms with van der Waals surface area (Å²) < 4.78 is 31.4. The largest absolute Gasteiger partial charge is 0.486 e. The van der Waals surface area contributed by atoms with E-state index in [1.54, 1.807) is 24.3 Å². The Bertz CT molecular complexity index is 640. The molecule has 0 atom stereocenters. The van der Waals surface area contributed by atoms with E-state index in [0.29, 0.717) is 0 Å². The van der Waals surface area contributed by atoms with Crippen LogP contribution in [0.25, 0.3) is 0 Å². The number of aliphatic hydroxyl groups is 1. The molecule has 2 nitrogen and oxygen atoms in total. The third-order valence-electron chi connectivity index (χ3n) is 2.55. The van der Waals surface area contributed by atoms with Gasteiger partial charge in [0.2, 0.25) is 0 Å². The molecule has 0 unspecified atom stereocenters. The van der Waals surface area contributed by atoms with E-state index in [0.717, 1.165) is 23.3 Å². The van der Waals surface area contributed by atoms with Gasteiger partial charge in [-0.2, -0.15) is 0 Å². The van der Waals surface area contributed by atoms with Gasteiger partial charge in [0, 0.05) is 11.6 Å². The van der Waals surface area contributed by atoms with E-state index in [4.69, 9.17) is 9.84 Å². The average Bonchev–Trinajstić information content (AvgIpc) is 2.45. The molecule has 0 amide bonds. The predicted octanol–water partition coefficient (Wildman–Crippen LogP) is 2.89. The number of hydrogen-bond donors (Lipinski definition) is 1. The van der Waals surface area contributed by atoms with Crippen LogP contribution in [-0.2, 0) is 6.61 Å². The zero-order valence-electron chi connectivity index (χ0n) is 10.6. The molecule has 0 radical (unpaired) electrons. The molecule has 0 bridgehead atoms. The first-order chi connectivity index (χ1) is 9.69. The second-order valence-corrected chi connectivity index (χ2v) is 4.02. The lowest BCUT2D eigenvalue weighted by atomic mass is 10.1. The van der Waals surface area contributed by atoms with E-state index >= 15 is 0 Å². The van der Waals surface area contributed by atoms with Crippen molar-refractivity contribution in [1.82, 2.24) is 0 Å². The van der Waals surface area contributed by atoms with Gasteiger partial charge in [0.1, 0.15) is 19.0 Å². The lowest BCUT2D eigenvalue weighted by Crippen LogP contribution is -1.97. The van der Waals surface area contributed by atoms with E-state index < -0.39 is 11.6 Å². The Hall–Kier alpha value is -2.38. The van der Waals surface area contributed by atoms with Crippen LogP contribution in [0.1, 0.15) is 11.1 Å². The summed E-state index contributed by atoms with van der Waals surface area (Å²) in [6, 6.07) is 10.3. The molecular formula is C16H12F2O2. The summed E-state index contributed by atoms with van der Waals surface area (Å²) in [6.07, 6.45) is 0. The maximum absolute atomic E-state index is 13.3. The lowest BCUT2D eigenvalue weighted by molar-refractivity contribution is 0.289. The summed E-state index contributed by atoms with van der Waals surface area (Å²) in [4.78, 5) is 0. The molecule has 2 rings (SSSR count). The Morgan fingerprint density at radius 2 is 1.80 bits per heavy atom. The zero-order valence-corrected chi connectivity index (χ0v) is 10.6. The van der Waals surface area contributed by atoms with Crippen molar-refractivity contribution >= 4 is 0 Å². The molecule has 0 fully saturated rings. The van der Waals surface area contributed by atoms with E-state index in [1.807, 2.05) is 0 Å². The maximum atomic E-state index is 13.3. The average molecular weight is 274 g/mol. The molecular weight excluding hydrogens is 262 g/mol. The Labute approximate surface area is 115 Å². The molecule has 0 spiro atoms. The Balaban J connectivity index is 2.00. The van der Waals surface area contributed by atoms with Crippen LogP contribution in [0.4, 0.5) is 8.78 Å². The van der Waals surface area contributed by atoms with Gasteiger partial charge in [-0.15, -0.1) is 0 Å².